The van der Waals surface area contributed by atoms with Crippen LogP contribution in [0.1, 0.15) is 37.7 Å². The molecule has 1 aliphatic carbocycles. The van der Waals surface area contributed by atoms with Crippen molar-refractivity contribution in [3.8, 4) is 11.5 Å². The van der Waals surface area contributed by atoms with E-state index in [1.54, 1.807) is 14.2 Å². The molecule has 1 heterocycles. The van der Waals surface area contributed by atoms with Crippen LogP contribution in [0.3, 0.4) is 0 Å². The van der Waals surface area contributed by atoms with Gasteiger partial charge in [-0.25, -0.2) is 0 Å². The van der Waals surface area contributed by atoms with Crippen molar-refractivity contribution >= 4 is 5.96 Å². The maximum Gasteiger partial charge on any atom is 0.401 e. The van der Waals surface area contributed by atoms with E-state index in [4.69, 9.17) is 9.47 Å². The van der Waals surface area contributed by atoms with Crippen molar-refractivity contribution in [2.45, 2.75) is 57.0 Å². The summed E-state index contributed by atoms with van der Waals surface area (Å²) in [4.78, 5) is 5.64. The number of benzene rings is 1. The van der Waals surface area contributed by atoms with E-state index in [1.807, 2.05) is 18.2 Å². The number of guanidine groups is 1. The molecule has 168 valence electrons. The Balaban J connectivity index is 1.57. The molecule has 1 aromatic rings. The minimum Gasteiger partial charge on any atom is -0.493 e. The Morgan fingerprint density at radius 3 is 2.67 bits per heavy atom. The highest BCUT2D eigenvalue weighted by molar-refractivity contribution is 5.80. The summed E-state index contributed by atoms with van der Waals surface area (Å²) in [6.45, 7) is 0.361. The Hall–Kier alpha value is -2.16. The first kappa shape index (κ1) is 22.5. The van der Waals surface area contributed by atoms with Gasteiger partial charge in [-0.2, -0.15) is 13.2 Å². The van der Waals surface area contributed by atoms with Gasteiger partial charge in [-0.05, 0) is 38.2 Å². The molecule has 2 aliphatic rings. The van der Waals surface area contributed by atoms with Crippen LogP contribution in [0.25, 0.3) is 0 Å². The van der Waals surface area contributed by atoms with Gasteiger partial charge in [0.05, 0.1) is 19.8 Å². The Morgan fingerprint density at radius 1 is 1.23 bits per heavy atom. The van der Waals surface area contributed by atoms with Gasteiger partial charge in [-0.15, -0.1) is 0 Å². The number of para-hydroxylation sites is 1. The number of methoxy groups -OCH3 is 1. The number of hydrogen-bond donors (Lipinski definition) is 2. The van der Waals surface area contributed by atoms with E-state index < -0.39 is 12.7 Å². The molecule has 0 aromatic heterocycles. The molecule has 0 spiro atoms. The molecule has 1 saturated carbocycles. The minimum atomic E-state index is -4.17. The maximum absolute atomic E-state index is 12.6. The summed E-state index contributed by atoms with van der Waals surface area (Å²) >= 11 is 0. The normalized spacial score (nSPS) is 21.1. The Kier molecular flexibility index (Phi) is 7.69. The first-order valence-corrected chi connectivity index (χ1v) is 10.5. The van der Waals surface area contributed by atoms with E-state index in [-0.39, 0.29) is 12.1 Å². The highest BCUT2D eigenvalue weighted by Crippen LogP contribution is 2.34. The molecule has 1 saturated heterocycles. The summed E-state index contributed by atoms with van der Waals surface area (Å²) in [5.41, 5.74) is 0.953. The van der Waals surface area contributed by atoms with Crippen LogP contribution in [0.4, 0.5) is 13.2 Å². The molecule has 6 nitrogen and oxygen atoms in total. The smallest absolute Gasteiger partial charge is 0.401 e. The van der Waals surface area contributed by atoms with Crippen LogP contribution in [0.15, 0.2) is 23.2 Å². The number of nitrogens with one attached hydrogen (secondary N) is 2. The second-order valence-electron chi connectivity index (χ2n) is 7.88. The lowest BCUT2D eigenvalue weighted by atomic mass is 10.1. The molecule has 2 N–H and O–H groups in total. The highest BCUT2D eigenvalue weighted by atomic mass is 19.4. The monoisotopic (exact) mass is 428 g/mol. The molecular weight excluding hydrogens is 397 g/mol. The quantitative estimate of drug-likeness (QED) is 0.516. The Morgan fingerprint density at radius 2 is 2.00 bits per heavy atom. The molecule has 1 aromatic carbocycles. The van der Waals surface area contributed by atoms with E-state index >= 15 is 0 Å². The van der Waals surface area contributed by atoms with Crippen molar-refractivity contribution in [3.63, 3.8) is 0 Å². The summed E-state index contributed by atoms with van der Waals surface area (Å²) in [6.07, 6.45) is 1.13. The number of halogens is 3. The SMILES string of the molecule is CN=C(NCc1cccc(OC)c1OC1CCCC1)NC1CCN(CC(F)(F)F)C1. The van der Waals surface area contributed by atoms with Crippen LogP contribution in [-0.2, 0) is 6.54 Å². The van der Waals surface area contributed by atoms with Crippen LogP contribution in [0, 0.1) is 0 Å². The summed E-state index contributed by atoms with van der Waals surface area (Å²) < 4.78 is 49.5. The average Bonchev–Trinajstić information content (AvgIpc) is 3.36. The van der Waals surface area contributed by atoms with E-state index in [0.29, 0.717) is 37.8 Å². The topological polar surface area (TPSA) is 58.1 Å². The van der Waals surface area contributed by atoms with Crippen LogP contribution < -0.4 is 20.1 Å². The van der Waals surface area contributed by atoms with Crippen molar-refractivity contribution < 1.29 is 22.6 Å². The zero-order valence-corrected chi connectivity index (χ0v) is 17.6. The number of likely N-dealkylation sites (tertiary alicyclic amines) is 1. The third-order valence-corrected chi connectivity index (χ3v) is 5.55. The van der Waals surface area contributed by atoms with Crippen LogP contribution in [0.5, 0.6) is 11.5 Å². The zero-order chi connectivity index (χ0) is 21.6. The largest absolute Gasteiger partial charge is 0.493 e. The van der Waals surface area contributed by atoms with Crippen molar-refractivity contribution in [2.24, 2.45) is 4.99 Å². The molecule has 1 aliphatic heterocycles. The minimum absolute atomic E-state index is 0.0712. The first-order chi connectivity index (χ1) is 14.4. The standard InChI is InChI=1S/C21H31F3N4O2/c1-25-20(27-16-10-11-28(13-16)14-21(22,23)24)26-12-15-6-5-9-18(29-2)19(15)30-17-7-3-4-8-17/h5-6,9,16-17H,3-4,7-8,10-14H2,1-2H3,(H2,25,26,27). The van der Waals surface area contributed by atoms with Gasteiger partial charge in [-0.3, -0.25) is 9.89 Å². The molecule has 30 heavy (non-hydrogen) atoms. The number of rotatable bonds is 7. The molecule has 2 fully saturated rings. The molecule has 1 unspecified atom stereocenters. The molecular formula is C21H31F3N4O2. The average molecular weight is 428 g/mol. The summed E-state index contributed by atoms with van der Waals surface area (Å²) in [6, 6.07) is 5.71. The number of hydrogen-bond acceptors (Lipinski definition) is 4. The van der Waals surface area contributed by atoms with E-state index in [0.717, 1.165) is 24.2 Å². The van der Waals surface area contributed by atoms with Gasteiger partial charge in [0.15, 0.2) is 17.5 Å². The fourth-order valence-corrected chi connectivity index (χ4v) is 4.08. The van der Waals surface area contributed by atoms with Crippen molar-refractivity contribution in [3.05, 3.63) is 23.8 Å². The van der Waals surface area contributed by atoms with Gasteiger partial charge in [-0.1, -0.05) is 12.1 Å². The highest BCUT2D eigenvalue weighted by Gasteiger charge is 2.34. The van der Waals surface area contributed by atoms with Crippen molar-refractivity contribution in [1.29, 1.82) is 0 Å². The van der Waals surface area contributed by atoms with Crippen LogP contribution >= 0.6 is 0 Å². The lowest BCUT2D eigenvalue weighted by molar-refractivity contribution is -0.143. The van der Waals surface area contributed by atoms with Gasteiger partial charge in [0.2, 0.25) is 0 Å². The predicted molar refractivity (Wildman–Crippen MR) is 110 cm³/mol. The number of alkyl halides is 3. The van der Waals surface area contributed by atoms with Gasteiger partial charge in [0, 0.05) is 38.3 Å². The summed E-state index contributed by atoms with van der Waals surface area (Å²) in [5, 5.41) is 6.49. The van der Waals surface area contributed by atoms with E-state index in [2.05, 4.69) is 15.6 Å². The molecule has 0 radical (unpaired) electrons. The summed E-state index contributed by atoms with van der Waals surface area (Å²) in [5.74, 6) is 2.00. The summed E-state index contributed by atoms with van der Waals surface area (Å²) in [7, 11) is 3.28. The number of nitrogens with zero attached hydrogens (tertiary/aromatic N) is 2. The fraction of sp³-hybridized carbons (Fsp3) is 0.667. The zero-order valence-electron chi connectivity index (χ0n) is 17.6. The van der Waals surface area contributed by atoms with Gasteiger partial charge >= 0.3 is 6.18 Å². The predicted octanol–water partition coefficient (Wildman–Crippen LogP) is 3.32. The lowest BCUT2D eigenvalue weighted by Gasteiger charge is -2.21. The first-order valence-electron chi connectivity index (χ1n) is 10.5. The van der Waals surface area contributed by atoms with E-state index in [9.17, 15) is 13.2 Å². The fourth-order valence-electron chi connectivity index (χ4n) is 4.08. The van der Waals surface area contributed by atoms with Gasteiger partial charge in [0.1, 0.15) is 0 Å². The third kappa shape index (κ3) is 6.42. The molecule has 1 atom stereocenters. The second-order valence-corrected chi connectivity index (χ2v) is 7.88. The molecule has 9 heteroatoms. The molecule has 3 rings (SSSR count). The van der Waals surface area contributed by atoms with Gasteiger partial charge in [0.25, 0.3) is 0 Å². The van der Waals surface area contributed by atoms with Crippen molar-refractivity contribution in [1.82, 2.24) is 15.5 Å². The van der Waals surface area contributed by atoms with E-state index in [1.165, 1.54) is 17.7 Å². The lowest BCUT2D eigenvalue weighted by Crippen LogP contribution is -2.45. The Bertz CT molecular complexity index is 721. The van der Waals surface area contributed by atoms with Crippen LogP contribution in [-0.4, -0.2) is 63.0 Å². The van der Waals surface area contributed by atoms with Crippen molar-refractivity contribution in [2.75, 3.05) is 33.8 Å². The molecule has 0 amide bonds. The number of ether oxygens (including phenoxy) is 2. The van der Waals surface area contributed by atoms with Gasteiger partial charge < -0.3 is 20.1 Å². The second kappa shape index (κ2) is 10.2. The Labute approximate surface area is 175 Å². The molecule has 0 bridgehead atoms. The van der Waals surface area contributed by atoms with Crippen LogP contribution in [0.2, 0.25) is 0 Å². The maximum atomic E-state index is 12.6. The third-order valence-electron chi connectivity index (χ3n) is 5.55. The number of aliphatic imine (C=N–C) groups is 1.